The Labute approximate surface area is 276 Å². The van der Waals surface area contributed by atoms with Crippen molar-refractivity contribution >= 4 is 23.6 Å². The lowest BCUT2D eigenvalue weighted by atomic mass is 10.1. The van der Waals surface area contributed by atoms with Crippen LogP contribution in [-0.4, -0.2) is 87.7 Å². The number of benzene rings is 1. The van der Waals surface area contributed by atoms with Crippen LogP contribution in [0.2, 0.25) is 0 Å². The zero-order valence-electron chi connectivity index (χ0n) is 30.1. The fourth-order valence-electron chi connectivity index (χ4n) is 5.84. The molecule has 45 heavy (non-hydrogen) atoms. The molecule has 0 spiro atoms. The first-order valence-electron chi connectivity index (χ1n) is 18.3. The third-order valence-corrected chi connectivity index (χ3v) is 9.06. The smallest absolute Gasteiger partial charge is 0.411 e. The molecule has 1 rings (SSSR count). The monoisotopic (exact) mass is 635 g/mol. The number of hydrogen-bond donors (Lipinski definition) is 2. The van der Waals surface area contributed by atoms with Crippen LogP contribution in [0.15, 0.2) is 24.3 Å². The second-order valence-corrected chi connectivity index (χ2v) is 13.6. The highest BCUT2D eigenvalue weighted by Crippen LogP contribution is 2.16. The van der Waals surface area contributed by atoms with Gasteiger partial charge in [0.1, 0.15) is 26.3 Å². The van der Waals surface area contributed by atoms with Gasteiger partial charge in [0.25, 0.3) is 0 Å². The van der Waals surface area contributed by atoms with Crippen molar-refractivity contribution in [2.45, 2.75) is 124 Å². The Kier molecular flexibility index (Phi) is 22.5. The molecular weight excluding hydrogens is 564 g/mol. The molecule has 2 amide bonds. The second kappa shape index (κ2) is 24.9. The van der Waals surface area contributed by atoms with Crippen molar-refractivity contribution in [3.05, 3.63) is 24.3 Å². The molecule has 1 atom stereocenters. The van der Waals surface area contributed by atoms with Gasteiger partial charge in [-0.1, -0.05) is 72.6 Å². The summed E-state index contributed by atoms with van der Waals surface area (Å²) in [5, 5.41) is 5.62. The van der Waals surface area contributed by atoms with Crippen LogP contribution in [0.3, 0.4) is 0 Å². The van der Waals surface area contributed by atoms with E-state index in [0.29, 0.717) is 24.6 Å². The van der Waals surface area contributed by atoms with Crippen LogP contribution in [0.5, 0.6) is 0 Å². The summed E-state index contributed by atoms with van der Waals surface area (Å²) < 4.78 is 13.0. The first-order chi connectivity index (χ1) is 21.7. The normalized spacial score (nSPS) is 12.8. The van der Waals surface area contributed by atoms with Crippen LogP contribution < -0.4 is 10.6 Å². The van der Waals surface area contributed by atoms with Gasteiger partial charge in [-0.3, -0.25) is 10.6 Å². The Morgan fingerprint density at radius 1 is 0.489 bits per heavy atom. The standard InChI is InChI=1S/C37H68N4O4/c1-7-11-15-19-27-40(5,26-18-14-10-4)30-32-44-36(42)38-34-22-24-35(25-23-34)39-37(43)45-33-31-41(6,28-20-16-12-8-2)29-21-17-13-9-3/h22-25H,7-21,26-33H2,1-6H3/p+2. The van der Waals surface area contributed by atoms with Crippen molar-refractivity contribution in [3.8, 4) is 0 Å². The maximum atomic E-state index is 12.5. The zero-order chi connectivity index (χ0) is 33.2. The fraction of sp³-hybridized carbons (Fsp3) is 0.784. The molecule has 0 aliphatic carbocycles. The SMILES string of the molecule is CCCCCC[N+](C)(CCCCC)CCOC(=O)Nc1ccc(NC(=O)OCC[N+](C)(CCCCCC)CCCCCC)cc1. The Balaban J connectivity index is 2.48. The lowest BCUT2D eigenvalue weighted by Crippen LogP contribution is -2.48. The van der Waals surface area contributed by atoms with E-state index in [-0.39, 0.29) is 0 Å². The summed E-state index contributed by atoms with van der Waals surface area (Å²) in [6.07, 6.45) is 17.7. The molecule has 0 heterocycles. The molecule has 0 aliphatic rings. The van der Waals surface area contributed by atoms with Gasteiger partial charge in [0.15, 0.2) is 0 Å². The highest BCUT2D eigenvalue weighted by atomic mass is 16.6. The summed E-state index contributed by atoms with van der Waals surface area (Å²) in [4.78, 5) is 25.0. The van der Waals surface area contributed by atoms with Crippen molar-refractivity contribution in [3.63, 3.8) is 0 Å². The van der Waals surface area contributed by atoms with E-state index in [4.69, 9.17) is 9.47 Å². The molecule has 8 heteroatoms. The first-order valence-corrected chi connectivity index (χ1v) is 18.3. The van der Waals surface area contributed by atoms with E-state index >= 15 is 0 Å². The number of likely N-dealkylation sites (N-methyl/N-ethyl adjacent to an activating group) is 2. The molecule has 0 aliphatic heterocycles. The van der Waals surface area contributed by atoms with Gasteiger partial charge in [0.05, 0.1) is 40.3 Å². The number of nitrogens with one attached hydrogen (secondary N) is 2. The van der Waals surface area contributed by atoms with Crippen LogP contribution in [0.25, 0.3) is 0 Å². The van der Waals surface area contributed by atoms with Gasteiger partial charge < -0.3 is 18.4 Å². The van der Waals surface area contributed by atoms with E-state index in [1.54, 1.807) is 24.3 Å². The van der Waals surface area contributed by atoms with Gasteiger partial charge in [-0.15, -0.1) is 0 Å². The van der Waals surface area contributed by atoms with Crippen molar-refractivity contribution in [2.75, 3.05) is 77.2 Å². The molecule has 8 nitrogen and oxygen atoms in total. The summed E-state index contributed by atoms with van der Waals surface area (Å²) in [6, 6.07) is 7.04. The largest absolute Gasteiger partial charge is 0.443 e. The number of quaternary nitrogens is 2. The summed E-state index contributed by atoms with van der Waals surface area (Å²) in [5.41, 5.74) is 1.25. The number of carbonyl (C=O) groups excluding carboxylic acids is 2. The Bertz CT molecular complexity index is 883. The van der Waals surface area contributed by atoms with Gasteiger partial charge in [-0.2, -0.15) is 0 Å². The number of amides is 2. The zero-order valence-corrected chi connectivity index (χ0v) is 30.1. The molecule has 260 valence electrons. The summed E-state index contributed by atoms with van der Waals surface area (Å²) in [6.45, 7) is 15.9. The van der Waals surface area contributed by atoms with Gasteiger partial charge in [0, 0.05) is 11.4 Å². The third kappa shape index (κ3) is 20.4. The Morgan fingerprint density at radius 3 is 1.09 bits per heavy atom. The summed E-state index contributed by atoms with van der Waals surface area (Å²) in [5.74, 6) is 0. The average Bonchev–Trinajstić information content (AvgIpc) is 3.01. The van der Waals surface area contributed by atoms with Gasteiger partial charge in [-0.25, -0.2) is 9.59 Å². The van der Waals surface area contributed by atoms with Crippen molar-refractivity contribution in [1.82, 2.24) is 0 Å². The van der Waals surface area contributed by atoms with Gasteiger partial charge in [0.2, 0.25) is 0 Å². The van der Waals surface area contributed by atoms with Crippen molar-refractivity contribution in [1.29, 1.82) is 0 Å². The van der Waals surface area contributed by atoms with E-state index < -0.39 is 12.2 Å². The molecule has 0 saturated carbocycles. The number of ether oxygens (including phenoxy) is 2. The predicted octanol–water partition coefficient (Wildman–Crippen LogP) is 9.61. The Hall–Kier alpha value is -2.32. The second-order valence-electron chi connectivity index (χ2n) is 13.6. The maximum Gasteiger partial charge on any atom is 0.411 e. The molecule has 1 aromatic carbocycles. The topological polar surface area (TPSA) is 76.7 Å². The highest BCUT2D eigenvalue weighted by molar-refractivity contribution is 5.87. The molecule has 0 aromatic heterocycles. The van der Waals surface area contributed by atoms with Crippen molar-refractivity contribution in [2.24, 2.45) is 0 Å². The molecule has 0 saturated heterocycles. The highest BCUT2D eigenvalue weighted by Gasteiger charge is 2.22. The van der Waals surface area contributed by atoms with Crippen LogP contribution in [0.1, 0.15) is 124 Å². The maximum absolute atomic E-state index is 12.5. The lowest BCUT2D eigenvalue weighted by Gasteiger charge is -2.34. The molecule has 1 unspecified atom stereocenters. The molecular formula is C37H70N4O4+2. The van der Waals surface area contributed by atoms with Gasteiger partial charge in [-0.05, 0) is 75.6 Å². The van der Waals surface area contributed by atoms with Gasteiger partial charge >= 0.3 is 12.2 Å². The summed E-state index contributed by atoms with van der Waals surface area (Å²) in [7, 11) is 4.59. The molecule has 1 aromatic rings. The van der Waals surface area contributed by atoms with Crippen LogP contribution in [0, 0.1) is 0 Å². The molecule has 2 N–H and O–H groups in total. The average molecular weight is 635 g/mol. The fourth-order valence-corrected chi connectivity index (χ4v) is 5.84. The minimum absolute atomic E-state index is 0.392. The first kappa shape index (κ1) is 40.7. The summed E-state index contributed by atoms with van der Waals surface area (Å²) >= 11 is 0. The Morgan fingerprint density at radius 2 is 0.778 bits per heavy atom. The van der Waals surface area contributed by atoms with E-state index in [1.807, 2.05) is 0 Å². The number of rotatable bonds is 27. The number of unbranched alkanes of at least 4 members (excludes halogenated alkanes) is 11. The number of hydrogen-bond acceptors (Lipinski definition) is 4. The van der Waals surface area contributed by atoms with Crippen LogP contribution in [-0.2, 0) is 9.47 Å². The van der Waals surface area contributed by atoms with E-state index in [1.165, 1.54) is 96.3 Å². The number of anilines is 2. The molecule has 0 fully saturated rings. The quantitative estimate of drug-likeness (QED) is 0.0746. The molecule has 0 radical (unpaired) electrons. The lowest BCUT2D eigenvalue weighted by molar-refractivity contribution is -0.910. The van der Waals surface area contributed by atoms with Crippen LogP contribution in [0.4, 0.5) is 21.0 Å². The predicted molar refractivity (Wildman–Crippen MR) is 190 cm³/mol. The third-order valence-electron chi connectivity index (χ3n) is 9.06. The van der Waals surface area contributed by atoms with Crippen LogP contribution >= 0.6 is 0 Å². The minimum Gasteiger partial charge on any atom is -0.443 e. The van der Waals surface area contributed by atoms with E-state index in [0.717, 1.165) is 48.2 Å². The number of nitrogens with zero attached hydrogens (tertiary/aromatic N) is 2. The van der Waals surface area contributed by atoms with E-state index in [2.05, 4.69) is 52.4 Å². The van der Waals surface area contributed by atoms with E-state index in [9.17, 15) is 9.59 Å². The van der Waals surface area contributed by atoms with Crippen molar-refractivity contribution < 1.29 is 28.0 Å². The number of carbonyl (C=O) groups is 2. The molecule has 0 bridgehead atoms. The minimum atomic E-state index is -0.452.